The Bertz CT molecular complexity index is 1430. The van der Waals surface area contributed by atoms with Crippen molar-refractivity contribution in [1.82, 2.24) is 0 Å². The summed E-state index contributed by atoms with van der Waals surface area (Å²) < 4.78 is 44.5. The zero-order valence-corrected chi connectivity index (χ0v) is 37.1. The summed E-state index contributed by atoms with van der Waals surface area (Å²) in [4.78, 5) is 34.8. The molecule has 10 rings (SSSR count). The zero-order chi connectivity index (χ0) is 41.8. The Labute approximate surface area is 344 Å². The quantitative estimate of drug-likeness (QED) is 0.146. The van der Waals surface area contributed by atoms with Crippen molar-refractivity contribution in [2.45, 2.75) is 186 Å². The van der Waals surface area contributed by atoms with Crippen molar-refractivity contribution < 1.29 is 46.9 Å². The van der Waals surface area contributed by atoms with Crippen LogP contribution in [0.3, 0.4) is 0 Å². The van der Waals surface area contributed by atoms with Crippen LogP contribution in [0.25, 0.3) is 0 Å². The minimum Gasteiger partial charge on any atom is -0.469 e. The smallest absolute Gasteiger partial charge is 0.309 e. The summed E-state index contributed by atoms with van der Waals surface area (Å²) in [5.74, 6) is 4.83. The first kappa shape index (κ1) is 46.3. The van der Waals surface area contributed by atoms with Crippen molar-refractivity contribution in [3.05, 3.63) is 0 Å². The highest BCUT2D eigenvalue weighted by molar-refractivity contribution is 7.89. The number of carbonyl (C=O) groups is 3. The van der Waals surface area contributed by atoms with Crippen LogP contribution in [0.4, 0.5) is 0 Å². The van der Waals surface area contributed by atoms with Crippen molar-refractivity contribution in [3.8, 4) is 0 Å². The second-order valence-corrected chi connectivity index (χ2v) is 21.9. The van der Waals surface area contributed by atoms with Crippen molar-refractivity contribution in [2.24, 2.45) is 64.3 Å². The molecule has 12 heteroatoms. The molecule has 0 spiro atoms. The number of methoxy groups -OCH3 is 1. The molecule has 0 radical (unpaired) electrons. The molecule has 10 bridgehead atoms. The third-order valence-electron chi connectivity index (χ3n) is 15.4. The number of ether oxygens (including phenoxy) is 4. The Hall–Kier alpha value is -1.76. The van der Waals surface area contributed by atoms with Crippen LogP contribution in [0.2, 0.25) is 0 Å². The van der Waals surface area contributed by atoms with Crippen LogP contribution in [0.5, 0.6) is 0 Å². The molecule has 0 amide bonds. The van der Waals surface area contributed by atoms with Crippen LogP contribution < -0.4 is 5.14 Å². The van der Waals surface area contributed by atoms with Gasteiger partial charge in [-0.1, -0.05) is 48.0 Å². The molecule has 10 aliphatic carbocycles. The average Bonchev–Trinajstić information content (AvgIpc) is 3.80. The SMILES string of the molecule is CCC(C)C(=O)OC.CCC(C)C(=O)OC12CC3CC(CC(C3)C1)C2.CCC(C)C(=O)OC12CC3CC(CC(OCCO)(C3)C1)C2.NS(=O)(=O)C1CC2CCC1C2. The van der Waals surface area contributed by atoms with Gasteiger partial charge in [-0.05, 0) is 151 Å². The summed E-state index contributed by atoms with van der Waals surface area (Å²) in [7, 11) is -1.82. The summed E-state index contributed by atoms with van der Waals surface area (Å²) in [5.41, 5.74) is -0.488. The highest BCUT2D eigenvalue weighted by Gasteiger charge is 2.60. The Kier molecular flexibility index (Phi) is 15.7. The molecule has 8 atom stereocenters. The number of rotatable bonds is 12. The summed E-state index contributed by atoms with van der Waals surface area (Å²) in [6, 6.07) is 0. The average molecular weight is 824 g/mol. The molecule has 10 saturated carbocycles. The molecule has 0 aromatic carbocycles. The van der Waals surface area contributed by atoms with Gasteiger partial charge in [0.25, 0.3) is 0 Å². The lowest BCUT2D eigenvalue weighted by molar-refractivity contribution is -0.237. The van der Waals surface area contributed by atoms with Gasteiger partial charge in [-0.15, -0.1) is 0 Å². The maximum atomic E-state index is 12.3. The van der Waals surface area contributed by atoms with Crippen LogP contribution in [0.1, 0.15) is 164 Å². The summed E-state index contributed by atoms with van der Waals surface area (Å²) in [6.45, 7) is 12.3. The molecular weight excluding hydrogens is 747 g/mol. The first-order valence-electron chi connectivity index (χ1n) is 22.7. The summed E-state index contributed by atoms with van der Waals surface area (Å²) in [6.07, 6.45) is 20.7. The zero-order valence-electron chi connectivity index (χ0n) is 36.3. The Balaban J connectivity index is 0.000000154. The van der Waals surface area contributed by atoms with E-state index in [0.717, 1.165) is 108 Å². The van der Waals surface area contributed by atoms with E-state index in [0.29, 0.717) is 30.3 Å². The van der Waals surface area contributed by atoms with Gasteiger partial charge in [0.1, 0.15) is 11.2 Å². The Morgan fingerprint density at radius 3 is 1.44 bits per heavy atom. The number of aliphatic hydroxyl groups excluding tert-OH is 1. The van der Waals surface area contributed by atoms with E-state index in [2.05, 4.69) is 11.7 Å². The van der Waals surface area contributed by atoms with Crippen molar-refractivity contribution in [1.29, 1.82) is 0 Å². The van der Waals surface area contributed by atoms with Gasteiger partial charge in [0.05, 0.1) is 48.9 Å². The molecule has 0 aromatic rings. The molecule has 8 unspecified atom stereocenters. The van der Waals surface area contributed by atoms with E-state index in [1.54, 1.807) is 0 Å². The van der Waals surface area contributed by atoms with Gasteiger partial charge >= 0.3 is 17.9 Å². The van der Waals surface area contributed by atoms with E-state index < -0.39 is 10.0 Å². The lowest BCUT2D eigenvalue weighted by Gasteiger charge is -2.60. The van der Waals surface area contributed by atoms with Gasteiger partial charge in [0.2, 0.25) is 10.0 Å². The number of carbonyl (C=O) groups excluding carboxylic acids is 3. The van der Waals surface area contributed by atoms with Gasteiger partial charge < -0.3 is 24.1 Å². The summed E-state index contributed by atoms with van der Waals surface area (Å²) in [5, 5.41) is 14.0. The molecule has 328 valence electrons. The second-order valence-electron chi connectivity index (χ2n) is 20.1. The monoisotopic (exact) mass is 824 g/mol. The first-order chi connectivity index (χ1) is 26.9. The fourth-order valence-electron chi connectivity index (χ4n) is 12.7. The molecular formula is C45H77NO10S. The highest BCUT2D eigenvalue weighted by Crippen LogP contribution is 2.60. The molecule has 10 aliphatic rings. The number of primary sulfonamides is 1. The van der Waals surface area contributed by atoms with Crippen LogP contribution >= 0.6 is 0 Å². The fourth-order valence-corrected chi connectivity index (χ4v) is 14.0. The van der Waals surface area contributed by atoms with Gasteiger partial charge in [-0.3, -0.25) is 14.4 Å². The topological polar surface area (TPSA) is 169 Å². The molecule has 57 heavy (non-hydrogen) atoms. The van der Waals surface area contributed by atoms with Gasteiger partial charge in [-0.2, -0.15) is 0 Å². The van der Waals surface area contributed by atoms with Crippen LogP contribution in [0, 0.1) is 59.2 Å². The van der Waals surface area contributed by atoms with Gasteiger partial charge in [0.15, 0.2) is 0 Å². The summed E-state index contributed by atoms with van der Waals surface area (Å²) >= 11 is 0. The van der Waals surface area contributed by atoms with Crippen LogP contribution in [-0.4, -0.2) is 73.8 Å². The van der Waals surface area contributed by atoms with E-state index in [9.17, 15) is 22.8 Å². The van der Waals surface area contributed by atoms with E-state index >= 15 is 0 Å². The Morgan fingerprint density at radius 2 is 1.07 bits per heavy atom. The van der Waals surface area contributed by atoms with Crippen molar-refractivity contribution in [3.63, 3.8) is 0 Å². The van der Waals surface area contributed by atoms with E-state index in [1.165, 1.54) is 39.2 Å². The number of nitrogens with two attached hydrogens (primary N) is 1. The lowest BCUT2D eigenvalue weighted by atomic mass is 9.52. The molecule has 11 nitrogen and oxygen atoms in total. The van der Waals surface area contributed by atoms with Crippen molar-refractivity contribution >= 4 is 27.9 Å². The molecule has 3 N–H and O–H groups in total. The third kappa shape index (κ3) is 11.5. The van der Waals surface area contributed by atoms with E-state index in [-0.39, 0.29) is 64.3 Å². The number of hydrogen-bond donors (Lipinski definition) is 2. The number of hydrogen-bond acceptors (Lipinski definition) is 10. The molecule has 0 saturated heterocycles. The number of fused-ring (bicyclic) bond motifs is 2. The Morgan fingerprint density at radius 1 is 0.632 bits per heavy atom. The minimum atomic E-state index is -3.23. The maximum absolute atomic E-state index is 12.3. The maximum Gasteiger partial charge on any atom is 0.309 e. The minimum absolute atomic E-state index is 0.0210. The predicted molar refractivity (Wildman–Crippen MR) is 219 cm³/mol. The van der Waals surface area contributed by atoms with Gasteiger partial charge in [-0.25, -0.2) is 13.6 Å². The third-order valence-corrected chi connectivity index (χ3v) is 16.8. The lowest BCUT2D eigenvalue weighted by Crippen LogP contribution is -2.61. The van der Waals surface area contributed by atoms with Gasteiger partial charge in [0, 0.05) is 6.42 Å². The first-order valence-corrected chi connectivity index (χ1v) is 24.3. The molecule has 0 heterocycles. The highest BCUT2D eigenvalue weighted by atomic mass is 32.2. The van der Waals surface area contributed by atoms with Crippen LogP contribution in [0.15, 0.2) is 0 Å². The van der Waals surface area contributed by atoms with Crippen molar-refractivity contribution in [2.75, 3.05) is 20.3 Å². The van der Waals surface area contributed by atoms with E-state index in [4.69, 9.17) is 24.5 Å². The fraction of sp³-hybridized carbons (Fsp3) is 0.933. The number of aliphatic hydroxyl groups is 1. The molecule has 0 aromatic heterocycles. The predicted octanol–water partition coefficient (Wildman–Crippen LogP) is 7.89. The number of sulfonamides is 1. The largest absolute Gasteiger partial charge is 0.469 e. The standard InChI is InChI=1S/C17H28O4.C15H24O2.C7H13NO2S.C6H12O2/c1-3-12(2)15(19)21-17-9-13-6-14(10-17)8-16(7-13,11-17)20-5-4-18;1-3-10(2)14(16)17-15-7-11-4-12(8-15)6-13(5-11)9-15;8-11(9,10)7-4-5-1-2-6(7)3-5;1-4-5(2)6(7)8-3/h12-14,18H,3-11H2,1-2H3;10-13H,3-9H2,1-2H3;5-7H,1-4H2,(H2,8,9,10);5H,4H2,1-3H3. The molecule has 10 fully saturated rings. The van der Waals surface area contributed by atoms with E-state index in [1.807, 2.05) is 34.6 Å². The second kappa shape index (κ2) is 19.3. The molecule has 0 aliphatic heterocycles. The number of esters is 3. The van der Waals surface area contributed by atoms with Crippen LogP contribution in [-0.2, 0) is 43.4 Å². The normalized spacial score (nSPS) is 39.0.